The van der Waals surface area contributed by atoms with E-state index in [9.17, 15) is 4.79 Å². The fraction of sp³-hybridized carbons (Fsp3) is 0.462. The van der Waals surface area contributed by atoms with Crippen LogP contribution in [-0.2, 0) is 7.05 Å². The Morgan fingerprint density at radius 3 is 2.85 bits per heavy atom. The van der Waals surface area contributed by atoms with Gasteiger partial charge in [-0.3, -0.25) is 4.79 Å². The number of nitrogen functional groups attached to an aromatic ring is 1. The molecule has 1 aliphatic rings. The Morgan fingerprint density at radius 2 is 2.35 bits per heavy atom. The second-order valence-electron chi connectivity index (χ2n) is 5.15. The van der Waals surface area contributed by atoms with E-state index < -0.39 is 0 Å². The summed E-state index contributed by atoms with van der Waals surface area (Å²) in [5.41, 5.74) is 6.33. The Balaban J connectivity index is 1.82. The van der Waals surface area contributed by atoms with Gasteiger partial charge < -0.3 is 15.6 Å². The van der Waals surface area contributed by atoms with Crippen LogP contribution in [0.15, 0.2) is 12.4 Å². The molecule has 0 aromatic carbocycles. The number of aryl methyl sites for hydroxylation is 2. The number of amides is 1. The molecule has 3 rings (SSSR count). The molecule has 1 fully saturated rings. The van der Waals surface area contributed by atoms with Gasteiger partial charge in [0.1, 0.15) is 10.7 Å². The van der Waals surface area contributed by atoms with Gasteiger partial charge in [-0.1, -0.05) is 11.3 Å². The molecular weight excluding hydrogens is 274 g/mol. The van der Waals surface area contributed by atoms with E-state index in [2.05, 4.69) is 15.3 Å². The summed E-state index contributed by atoms with van der Waals surface area (Å²) >= 11 is 1.23. The molecule has 0 spiro atoms. The Labute approximate surface area is 121 Å². The summed E-state index contributed by atoms with van der Waals surface area (Å²) in [6.45, 7) is 1.80. The molecule has 106 valence electrons. The van der Waals surface area contributed by atoms with Crippen LogP contribution in [0, 0.1) is 12.8 Å². The van der Waals surface area contributed by atoms with Crippen LogP contribution in [0.25, 0.3) is 0 Å². The SMILES string of the molecule is Cc1nc(N)sc1C(=O)N[C@H](c1nccn1C)C1CC1. The Morgan fingerprint density at radius 1 is 1.60 bits per heavy atom. The van der Waals surface area contributed by atoms with Crippen LogP contribution in [-0.4, -0.2) is 20.4 Å². The van der Waals surface area contributed by atoms with Gasteiger partial charge in [-0.25, -0.2) is 9.97 Å². The van der Waals surface area contributed by atoms with Crippen LogP contribution in [0.1, 0.15) is 40.1 Å². The minimum atomic E-state index is -0.114. The lowest BCUT2D eigenvalue weighted by Crippen LogP contribution is -2.31. The first-order chi connectivity index (χ1) is 9.56. The molecule has 0 radical (unpaired) electrons. The van der Waals surface area contributed by atoms with Gasteiger partial charge in [0.25, 0.3) is 5.91 Å². The zero-order valence-electron chi connectivity index (χ0n) is 11.5. The quantitative estimate of drug-likeness (QED) is 0.897. The minimum absolute atomic E-state index is 0.0368. The smallest absolute Gasteiger partial charge is 0.263 e. The van der Waals surface area contributed by atoms with E-state index >= 15 is 0 Å². The number of nitrogens with two attached hydrogens (primary N) is 1. The molecule has 1 aliphatic carbocycles. The van der Waals surface area contributed by atoms with Crippen LogP contribution in [0.4, 0.5) is 5.13 Å². The lowest BCUT2D eigenvalue weighted by atomic mass is 10.1. The zero-order chi connectivity index (χ0) is 14.3. The molecule has 2 heterocycles. The Kier molecular flexibility index (Phi) is 3.21. The average Bonchev–Trinajstić information content (AvgIpc) is 3.06. The number of hydrogen-bond acceptors (Lipinski definition) is 5. The van der Waals surface area contributed by atoms with Crippen LogP contribution in [0.2, 0.25) is 0 Å². The normalized spacial score (nSPS) is 16.1. The van der Waals surface area contributed by atoms with Crippen molar-refractivity contribution in [3.63, 3.8) is 0 Å². The number of anilines is 1. The number of nitrogens with zero attached hydrogens (tertiary/aromatic N) is 3. The standard InChI is InChI=1S/C13H17N5OS/c1-7-10(20-13(14)16-7)12(19)17-9(8-3-4-8)11-15-5-6-18(11)2/h5-6,8-9H,3-4H2,1-2H3,(H2,14,16)(H,17,19)/t9-/m0/s1. The highest BCUT2D eigenvalue weighted by Crippen LogP contribution is 2.40. The minimum Gasteiger partial charge on any atom is -0.375 e. The number of imidazole rings is 1. The van der Waals surface area contributed by atoms with Crippen molar-refractivity contribution < 1.29 is 4.79 Å². The lowest BCUT2D eigenvalue weighted by Gasteiger charge is -2.17. The third-order valence-electron chi connectivity index (χ3n) is 3.54. The van der Waals surface area contributed by atoms with Crippen molar-refractivity contribution in [1.29, 1.82) is 0 Å². The summed E-state index contributed by atoms with van der Waals surface area (Å²) < 4.78 is 1.96. The summed E-state index contributed by atoms with van der Waals surface area (Å²) in [5, 5.41) is 3.51. The Hall–Kier alpha value is -1.89. The van der Waals surface area contributed by atoms with E-state index in [1.807, 2.05) is 17.8 Å². The predicted molar refractivity (Wildman–Crippen MR) is 77.4 cm³/mol. The highest BCUT2D eigenvalue weighted by atomic mass is 32.1. The molecule has 0 aliphatic heterocycles. The fourth-order valence-electron chi connectivity index (χ4n) is 2.33. The largest absolute Gasteiger partial charge is 0.375 e. The van der Waals surface area contributed by atoms with Crippen LogP contribution in [0.5, 0.6) is 0 Å². The summed E-state index contributed by atoms with van der Waals surface area (Å²) in [6, 6.07) is -0.0368. The molecule has 2 aromatic heterocycles. The van der Waals surface area contributed by atoms with E-state index in [0.717, 1.165) is 18.7 Å². The van der Waals surface area contributed by atoms with Crippen LogP contribution >= 0.6 is 11.3 Å². The molecule has 1 amide bonds. The Bertz CT molecular complexity index is 643. The number of hydrogen-bond donors (Lipinski definition) is 2. The molecule has 1 saturated carbocycles. The van der Waals surface area contributed by atoms with Crippen LogP contribution < -0.4 is 11.1 Å². The fourth-order valence-corrected chi connectivity index (χ4v) is 3.07. The van der Waals surface area contributed by atoms with Crippen molar-refractivity contribution in [3.05, 3.63) is 28.8 Å². The molecule has 3 N–H and O–H groups in total. The van der Waals surface area contributed by atoms with Gasteiger partial charge in [-0.15, -0.1) is 0 Å². The third-order valence-corrected chi connectivity index (χ3v) is 4.52. The van der Waals surface area contributed by atoms with Crippen molar-refractivity contribution in [1.82, 2.24) is 19.9 Å². The molecule has 6 nitrogen and oxygen atoms in total. The number of thiazole rings is 1. The maximum absolute atomic E-state index is 12.4. The molecule has 2 aromatic rings. The van der Waals surface area contributed by atoms with E-state index in [1.165, 1.54) is 11.3 Å². The molecule has 20 heavy (non-hydrogen) atoms. The molecule has 7 heteroatoms. The van der Waals surface area contributed by atoms with Crippen molar-refractivity contribution in [3.8, 4) is 0 Å². The van der Waals surface area contributed by atoms with E-state index in [4.69, 9.17) is 5.73 Å². The first-order valence-corrected chi connectivity index (χ1v) is 7.39. The van der Waals surface area contributed by atoms with Crippen molar-refractivity contribution in [2.24, 2.45) is 13.0 Å². The number of aromatic nitrogens is 3. The first kappa shape index (κ1) is 13.1. The maximum Gasteiger partial charge on any atom is 0.263 e. The van der Waals surface area contributed by atoms with Crippen molar-refractivity contribution in [2.45, 2.75) is 25.8 Å². The topological polar surface area (TPSA) is 85.8 Å². The predicted octanol–water partition coefficient (Wildman–Crippen LogP) is 1.65. The molecular formula is C13H17N5OS. The third kappa shape index (κ3) is 2.40. The van der Waals surface area contributed by atoms with E-state index in [-0.39, 0.29) is 11.9 Å². The van der Waals surface area contributed by atoms with Crippen LogP contribution in [0.3, 0.4) is 0 Å². The molecule has 0 saturated heterocycles. The highest BCUT2D eigenvalue weighted by Gasteiger charge is 2.36. The molecule has 0 bridgehead atoms. The zero-order valence-corrected chi connectivity index (χ0v) is 12.3. The van der Waals surface area contributed by atoms with Gasteiger partial charge in [-0.2, -0.15) is 0 Å². The average molecular weight is 291 g/mol. The number of nitrogens with one attached hydrogen (secondary N) is 1. The number of rotatable bonds is 4. The molecule has 0 unspecified atom stereocenters. The van der Waals surface area contributed by atoms with Crippen molar-refractivity contribution >= 4 is 22.4 Å². The van der Waals surface area contributed by atoms with Gasteiger partial charge in [-0.05, 0) is 25.7 Å². The summed E-state index contributed by atoms with van der Waals surface area (Å²) in [5.74, 6) is 1.26. The van der Waals surface area contributed by atoms with E-state index in [0.29, 0.717) is 21.6 Å². The van der Waals surface area contributed by atoms with Gasteiger partial charge in [0.15, 0.2) is 5.13 Å². The lowest BCUT2D eigenvalue weighted by molar-refractivity contribution is 0.0932. The highest BCUT2D eigenvalue weighted by molar-refractivity contribution is 7.17. The summed E-state index contributed by atoms with van der Waals surface area (Å²) in [4.78, 5) is 21.4. The van der Waals surface area contributed by atoms with Gasteiger partial charge in [0.05, 0.1) is 11.7 Å². The second-order valence-corrected chi connectivity index (χ2v) is 6.18. The number of carbonyl (C=O) groups excluding carboxylic acids is 1. The van der Waals surface area contributed by atoms with Gasteiger partial charge >= 0.3 is 0 Å². The number of carbonyl (C=O) groups is 1. The summed E-state index contributed by atoms with van der Waals surface area (Å²) in [6.07, 6.45) is 5.91. The first-order valence-electron chi connectivity index (χ1n) is 6.57. The van der Waals surface area contributed by atoms with Gasteiger partial charge in [0.2, 0.25) is 0 Å². The maximum atomic E-state index is 12.4. The second kappa shape index (κ2) is 4.90. The van der Waals surface area contributed by atoms with Crippen molar-refractivity contribution in [2.75, 3.05) is 5.73 Å². The summed E-state index contributed by atoms with van der Waals surface area (Å²) in [7, 11) is 1.94. The molecule has 1 atom stereocenters. The monoisotopic (exact) mass is 291 g/mol. The van der Waals surface area contributed by atoms with E-state index in [1.54, 1.807) is 13.1 Å². The van der Waals surface area contributed by atoms with Gasteiger partial charge in [0, 0.05) is 19.4 Å².